The zero-order chi connectivity index (χ0) is 15.0. The van der Waals surface area contributed by atoms with Crippen LogP contribution in [0.5, 0.6) is 0 Å². The van der Waals surface area contributed by atoms with Crippen LogP contribution in [0.3, 0.4) is 0 Å². The van der Waals surface area contributed by atoms with Gasteiger partial charge in [-0.05, 0) is 5.53 Å². The molecule has 5 N–H and O–H groups in total. The first-order valence-electron chi connectivity index (χ1n) is 6.20. The molecule has 2 aromatic heterocycles. The van der Waals surface area contributed by atoms with E-state index >= 15 is 0 Å². The topological polar surface area (TPSA) is 174 Å². The van der Waals surface area contributed by atoms with Crippen molar-refractivity contribution in [2.75, 3.05) is 18.1 Å². The van der Waals surface area contributed by atoms with Gasteiger partial charge >= 0.3 is 0 Å². The Kier molecular flexibility index (Phi) is 3.22. The predicted molar refractivity (Wildman–Crippen MR) is 72.7 cm³/mol. The Morgan fingerprint density at radius 1 is 1.52 bits per heavy atom. The van der Waals surface area contributed by atoms with Crippen molar-refractivity contribution >= 4 is 22.9 Å². The molecule has 1 saturated heterocycles. The van der Waals surface area contributed by atoms with E-state index < -0.39 is 18.4 Å². The maximum Gasteiger partial charge on any atom is 0.224 e. The Morgan fingerprint density at radius 2 is 2.33 bits per heavy atom. The van der Waals surface area contributed by atoms with Crippen molar-refractivity contribution in [2.45, 2.75) is 24.8 Å². The van der Waals surface area contributed by atoms with Gasteiger partial charge in [0.15, 0.2) is 11.5 Å². The van der Waals surface area contributed by atoms with E-state index in [2.05, 4.69) is 25.0 Å². The van der Waals surface area contributed by atoms with Gasteiger partial charge in [0.25, 0.3) is 0 Å². The maximum absolute atomic E-state index is 9.28. The Balaban J connectivity index is 2.00. The zero-order valence-corrected chi connectivity index (χ0v) is 10.9. The molecule has 0 aromatic carbocycles. The van der Waals surface area contributed by atoms with Crippen molar-refractivity contribution < 1.29 is 9.84 Å². The highest BCUT2D eigenvalue weighted by Gasteiger charge is 2.36. The van der Waals surface area contributed by atoms with Gasteiger partial charge in [0, 0.05) is 11.3 Å². The van der Waals surface area contributed by atoms with Gasteiger partial charge in [0.2, 0.25) is 5.95 Å². The molecule has 0 bridgehead atoms. The summed E-state index contributed by atoms with van der Waals surface area (Å²) in [7, 11) is 0. The van der Waals surface area contributed by atoms with Gasteiger partial charge in [-0.25, -0.2) is 4.98 Å². The first kappa shape index (κ1) is 13.4. The molecule has 11 nitrogen and oxygen atoms in total. The maximum atomic E-state index is 9.28. The SMILES string of the molecule is [N-]=[N+]=N[C@H]1C[C@H](n2cnc3c(N)nc(N)nc32)O[C@@H]1CO. The predicted octanol–water partition coefficient (Wildman–Crippen LogP) is -0.0506. The number of nitrogen functional groups attached to an aromatic ring is 2. The highest BCUT2D eigenvalue weighted by atomic mass is 16.5. The lowest BCUT2D eigenvalue weighted by Gasteiger charge is -2.14. The molecule has 0 radical (unpaired) electrons. The summed E-state index contributed by atoms with van der Waals surface area (Å²) in [4.78, 5) is 14.8. The molecule has 0 unspecified atom stereocenters. The highest BCUT2D eigenvalue weighted by Crippen LogP contribution is 2.33. The van der Waals surface area contributed by atoms with E-state index in [1.54, 1.807) is 4.57 Å². The first-order chi connectivity index (χ1) is 10.1. The van der Waals surface area contributed by atoms with Crippen molar-refractivity contribution in [1.29, 1.82) is 0 Å². The number of anilines is 2. The van der Waals surface area contributed by atoms with Gasteiger partial charge in [-0.15, -0.1) is 0 Å². The van der Waals surface area contributed by atoms with Crippen LogP contribution >= 0.6 is 0 Å². The van der Waals surface area contributed by atoms with Crippen LogP contribution in [-0.2, 0) is 4.74 Å². The average molecular weight is 291 g/mol. The third-order valence-corrected chi connectivity index (χ3v) is 3.36. The van der Waals surface area contributed by atoms with Gasteiger partial charge < -0.3 is 21.3 Å². The molecule has 3 heterocycles. The monoisotopic (exact) mass is 291 g/mol. The molecule has 21 heavy (non-hydrogen) atoms. The standard InChI is InChI=1S/C10H13N9O2/c11-8-7-9(16-10(12)15-8)19(3-14-7)6-1-4(17-18-13)5(2-20)21-6/h3-6,20H,1-2H2,(H4,11,12,15,16)/t4-,5+,6+/m0/s1. The number of aliphatic hydroxyl groups excluding tert-OH is 1. The molecule has 1 fully saturated rings. The summed E-state index contributed by atoms with van der Waals surface area (Å²) in [5.74, 6) is 0.213. The van der Waals surface area contributed by atoms with Crippen molar-refractivity contribution in [3.63, 3.8) is 0 Å². The number of imidazole rings is 1. The molecule has 0 aliphatic carbocycles. The summed E-state index contributed by atoms with van der Waals surface area (Å²) < 4.78 is 7.31. The van der Waals surface area contributed by atoms with Crippen LogP contribution in [0.2, 0.25) is 0 Å². The molecule has 3 rings (SSSR count). The fraction of sp³-hybridized carbons (Fsp3) is 0.500. The Labute approximate surface area is 118 Å². The highest BCUT2D eigenvalue weighted by molar-refractivity contribution is 5.82. The largest absolute Gasteiger partial charge is 0.394 e. The summed E-state index contributed by atoms with van der Waals surface area (Å²) in [5, 5.41) is 12.9. The van der Waals surface area contributed by atoms with E-state index in [4.69, 9.17) is 21.7 Å². The van der Waals surface area contributed by atoms with Gasteiger partial charge in [-0.2, -0.15) is 9.97 Å². The minimum Gasteiger partial charge on any atom is -0.394 e. The van der Waals surface area contributed by atoms with Crippen molar-refractivity contribution in [1.82, 2.24) is 19.5 Å². The average Bonchev–Trinajstić information content (AvgIpc) is 3.02. The smallest absolute Gasteiger partial charge is 0.224 e. The van der Waals surface area contributed by atoms with Crippen LogP contribution in [-0.4, -0.2) is 43.4 Å². The van der Waals surface area contributed by atoms with Crippen LogP contribution in [0.25, 0.3) is 21.6 Å². The van der Waals surface area contributed by atoms with Gasteiger partial charge in [-0.1, -0.05) is 5.11 Å². The summed E-state index contributed by atoms with van der Waals surface area (Å²) in [5.41, 5.74) is 20.7. The lowest BCUT2D eigenvalue weighted by Crippen LogP contribution is -2.22. The Hall–Kier alpha value is -2.62. The quantitative estimate of drug-likeness (QED) is 0.403. The molecule has 2 aromatic rings. The molecule has 1 aliphatic rings. The molecule has 11 heteroatoms. The summed E-state index contributed by atoms with van der Waals surface area (Å²) in [6.07, 6.45) is 0.855. The summed E-state index contributed by atoms with van der Waals surface area (Å²) in [6, 6.07) is -0.459. The molecular formula is C10H13N9O2. The number of nitrogens with two attached hydrogens (primary N) is 2. The van der Waals surface area contributed by atoms with E-state index in [1.165, 1.54) is 6.33 Å². The van der Waals surface area contributed by atoms with E-state index in [0.717, 1.165) is 0 Å². The molecule has 1 aliphatic heterocycles. The number of hydrogen-bond donors (Lipinski definition) is 3. The summed E-state index contributed by atoms with van der Waals surface area (Å²) >= 11 is 0. The molecule has 110 valence electrons. The Morgan fingerprint density at radius 3 is 3.05 bits per heavy atom. The Bertz CT molecular complexity index is 723. The number of aromatic nitrogens is 4. The van der Waals surface area contributed by atoms with Gasteiger partial charge in [0.05, 0.1) is 25.1 Å². The lowest BCUT2D eigenvalue weighted by atomic mass is 10.1. The fourth-order valence-electron chi connectivity index (χ4n) is 2.40. The third-order valence-electron chi connectivity index (χ3n) is 3.36. The van der Waals surface area contributed by atoms with Crippen LogP contribution in [0, 0.1) is 0 Å². The minimum atomic E-state index is -0.570. The third kappa shape index (κ3) is 2.18. The van der Waals surface area contributed by atoms with E-state index in [0.29, 0.717) is 17.6 Å². The van der Waals surface area contributed by atoms with E-state index in [-0.39, 0.29) is 18.4 Å². The molecule has 0 spiro atoms. The van der Waals surface area contributed by atoms with Crippen molar-refractivity contribution in [2.24, 2.45) is 5.11 Å². The normalized spacial score (nSPS) is 25.1. The first-order valence-corrected chi connectivity index (χ1v) is 6.20. The zero-order valence-electron chi connectivity index (χ0n) is 10.9. The fourth-order valence-corrected chi connectivity index (χ4v) is 2.40. The number of azide groups is 1. The number of aliphatic hydroxyl groups is 1. The number of rotatable bonds is 3. The number of fused-ring (bicyclic) bond motifs is 1. The second kappa shape index (κ2) is 5.05. The van der Waals surface area contributed by atoms with Crippen LogP contribution in [0.15, 0.2) is 11.4 Å². The molecule has 0 saturated carbocycles. The summed E-state index contributed by atoms with van der Waals surface area (Å²) in [6.45, 7) is -0.244. The molecular weight excluding hydrogens is 278 g/mol. The van der Waals surface area contributed by atoms with E-state index in [1.807, 2.05) is 0 Å². The van der Waals surface area contributed by atoms with Gasteiger partial charge in [0.1, 0.15) is 11.7 Å². The van der Waals surface area contributed by atoms with Crippen LogP contribution < -0.4 is 11.5 Å². The number of nitrogens with zero attached hydrogens (tertiary/aromatic N) is 7. The number of hydrogen-bond acceptors (Lipinski definition) is 8. The second-order valence-electron chi connectivity index (χ2n) is 4.61. The molecule has 3 atom stereocenters. The van der Waals surface area contributed by atoms with Crippen molar-refractivity contribution in [3.8, 4) is 0 Å². The van der Waals surface area contributed by atoms with Crippen molar-refractivity contribution in [3.05, 3.63) is 16.8 Å². The van der Waals surface area contributed by atoms with E-state index in [9.17, 15) is 5.11 Å². The molecule has 0 amide bonds. The minimum absolute atomic E-state index is 0.0325. The lowest BCUT2D eigenvalue weighted by molar-refractivity contribution is -0.0232. The van der Waals surface area contributed by atoms with Crippen LogP contribution in [0.1, 0.15) is 12.6 Å². The second-order valence-corrected chi connectivity index (χ2v) is 4.61. The van der Waals surface area contributed by atoms with Crippen LogP contribution in [0.4, 0.5) is 11.8 Å². The number of ether oxygens (including phenoxy) is 1. The van der Waals surface area contributed by atoms with Gasteiger partial charge in [-0.3, -0.25) is 4.57 Å².